The summed E-state index contributed by atoms with van der Waals surface area (Å²) in [6.45, 7) is 7.07. The minimum atomic E-state index is -3.41. The minimum Gasteiger partial charge on any atom is -0.325 e. The van der Waals surface area contributed by atoms with Crippen LogP contribution < -0.4 is 10.6 Å². The van der Waals surface area contributed by atoms with Crippen molar-refractivity contribution in [3.63, 3.8) is 0 Å². The van der Waals surface area contributed by atoms with Crippen LogP contribution in [0.1, 0.15) is 40.0 Å². The molecule has 1 aromatic carbocycles. The summed E-state index contributed by atoms with van der Waals surface area (Å²) in [6.07, 6.45) is 2.77. The molecule has 1 aliphatic rings. The van der Waals surface area contributed by atoms with Crippen LogP contribution in [-0.2, 0) is 14.8 Å². The monoisotopic (exact) mass is 353 g/mol. The van der Waals surface area contributed by atoms with Crippen molar-refractivity contribution < 1.29 is 13.2 Å². The molecule has 0 aliphatic carbocycles. The molecule has 1 saturated heterocycles. The first-order valence-corrected chi connectivity index (χ1v) is 9.95. The van der Waals surface area contributed by atoms with Crippen molar-refractivity contribution in [2.75, 3.05) is 18.4 Å². The minimum absolute atomic E-state index is 0.134. The lowest BCUT2D eigenvalue weighted by molar-refractivity contribution is -0.117. The summed E-state index contributed by atoms with van der Waals surface area (Å²) in [5.41, 5.74) is 0.596. The van der Waals surface area contributed by atoms with E-state index in [2.05, 4.69) is 17.6 Å². The predicted molar refractivity (Wildman–Crippen MR) is 95.4 cm³/mol. The predicted octanol–water partition coefficient (Wildman–Crippen LogP) is 2.19. The van der Waals surface area contributed by atoms with Crippen molar-refractivity contribution in [2.45, 2.75) is 57.0 Å². The molecule has 0 saturated carbocycles. The molecule has 1 aromatic rings. The van der Waals surface area contributed by atoms with Crippen LogP contribution in [0.15, 0.2) is 29.2 Å². The van der Waals surface area contributed by atoms with Gasteiger partial charge in [0.1, 0.15) is 0 Å². The zero-order chi connectivity index (χ0) is 17.7. The average molecular weight is 353 g/mol. The number of carbonyl (C=O) groups excluding carboxylic acids is 1. The van der Waals surface area contributed by atoms with E-state index in [0.717, 1.165) is 19.3 Å². The van der Waals surface area contributed by atoms with Crippen molar-refractivity contribution in [1.29, 1.82) is 0 Å². The highest BCUT2D eigenvalue weighted by Crippen LogP contribution is 2.22. The maximum absolute atomic E-state index is 12.5. The highest BCUT2D eigenvalue weighted by atomic mass is 32.2. The summed E-state index contributed by atoms with van der Waals surface area (Å²) in [6, 6.07) is 6.33. The second kappa shape index (κ2) is 8.09. The number of sulfonamides is 1. The SMILES string of the molecule is CCC(C)NC(C)C(=O)Nc1ccc(S(=O)(=O)N2CCCC2)cc1. The lowest BCUT2D eigenvalue weighted by Crippen LogP contribution is -2.42. The van der Waals surface area contributed by atoms with Gasteiger partial charge in [-0.1, -0.05) is 6.92 Å². The number of hydrogen-bond acceptors (Lipinski definition) is 4. The van der Waals surface area contributed by atoms with Crippen LogP contribution in [0.3, 0.4) is 0 Å². The average Bonchev–Trinajstić information content (AvgIpc) is 3.10. The van der Waals surface area contributed by atoms with Gasteiger partial charge in [0.15, 0.2) is 0 Å². The third kappa shape index (κ3) is 4.55. The molecule has 6 nitrogen and oxygen atoms in total. The summed E-state index contributed by atoms with van der Waals surface area (Å²) < 4.78 is 26.4. The summed E-state index contributed by atoms with van der Waals surface area (Å²) in [7, 11) is -3.41. The van der Waals surface area contributed by atoms with E-state index in [1.807, 2.05) is 13.8 Å². The van der Waals surface area contributed by atoms with Crippen molar-refractivity contribution in [1.82, 2.24) is 9.62 Å². The highest BCUT2D eigenvalue weighted by molar-refractivity contribution is 7.89. The molecule has 2 N–H and O–H groups in total. The Bertz CT molecular complexity index is 652. The first-order valence-electron chi connectivity index (χ1n) is 8.51. The van der Waals surface area contributed by atoms with E-state index in [4.69, 9.17) is 0 Å². The molecule has 1 amide bonds. The molecule has 0 spiro atoms. The van der Waals surface area contributed by atoms with E-state index in [9.17, 15) is 13.2 Å². The first-order chi connectivity index (χ1) is 11.3. The van der Waals surface area contributed by atoms with Gasteiger partial charge >= 0.3 is 0 Å². The van der Waals surface area contributed by atoms with E-state index in [1.165, 1.54) is 4.31 Å². The summed E-state index contributed by atoms with van der Waals surface area (Å²) >= 11 is 0. The molecule has 2 atom stereocenters. The van der Waals surface area contributed by atoms with Gasteiger partial charge in [-0.2, -0.15) is 4.31 Å². The number of rotatable bonds is 7. The molecule has 7 heteroatoms. The van der Waals surface area contributed by atoms with Gasteiger partial charge in [0.25, 0.3) is 0 Å². The summed E-state index contributed by atoms with van der Waals surface area (Å²) in [4.78, 5) is 12.4. The van der Waals surface area contributed by atoms with E-state index < -0.39 is 10.0 Å². The van der Waals surface area contributed by atoms with Crippen LogP contribution in [0.4, 0.5) is 5.69 Å². The number of carbonyl (C=O) groups is 1. The Labute approximate surface area is 144 Å². The largest absolute Gasteiger partial charge is 0.325 e. The molecule has 0 bridgehead atoms. The lowest BCUT2D eigenvalue weighted by atomic mass is 10.2. The second-order valence-electron chi connectivity index (χ2n) is 6.32. The van der Waals surface area contributed by atoms with Crippen molar-refractivity contribution in [2.24, 2.45) is 0 Å². The van der Waals surface area contributed by atoms with Crippen LogP contribution in [0, 0.1) is 0 Å². The fourth-order valence-corrected chi connectivity index (χ4v) is 4.18. The van der Waals surface area contributed by atoms with Crippen molar-refractivity contribution in [3.05, 3.63) is 24.3 Å². The van der Waals surface area contributed by atoms with Gasteiger partial charge in [-0.15, -0.1) is 0 Å². The van der Waals surface area contributed by atoms with Gasteiger partial charge in [0, 0.05) is 24.8 Å². The fourth-order valence-electron chi connectivity index (χ4n) is 2.66. The van der Waals surface area contributed by atoms with Crippen LogP contribution in [-0.4, -0.2) is 43.8 Å². The van der Waals surface area contributed by atoms with Gasteiger partial charge in [0.2, 0.25) is 15.9 Å². The smallest absolute Gasteiger partial charge is 0.243 e. The molecule has 1 fully saturated rings. The maximum atomic E-state index is 12.5. The summed E-state index contributed by atoms with van der Waals surface area (Å²) in [5.74, 6) is -0.134. The zero-order valence-electron chi connectivity index (χ0n) is 14.6. The molecular formula is C17H27N3O3S. The van der Waals surface area contributed by atoms with Gasteiger partial charge in [0.05, 0.1) is 10.9 Å². The van der Waals surface area contributed by atoms with Crippen molar-refractivity contribution in [3.8, 4) is 0 Å². The Balaban J connectivity index is 2.00. The van der Waals surface area contributed by atoms with Crippen LogP contribution in [0.2, 0.25) is 0 Å². The van der Waals surface area contributed by atoms with Crippen LogP contribution in [0.25, 0.3) is 0 Å². The van der Waals surface area contributed by atoms with E-state index in [1.54, 1.807) is 24.3 Å². The number of anilines is 1. The normalized spacial score (nSPS) is 18.3. The number of amides is 1. The van der Waals surface area contributed by atoms with Gasteiger partial charge < -0.3 is 10.6 Å². The molecular weight excluding hydrogens is 326 g/mol. The van der Waals surface area contributed by atoms with Crippen molar-refractivity contribution >= 4 is 21.6 Å². The van der Waals surface area contributed by atoms with Gasteiger partial charge in [-0.25, -0.2) is 8.42 Å². The fraction of sp³-hybridized carbons (Fsp3) is 0.588. The molecule has 1 aliphatic heterocycles. The number of benzene rings is 1. The number of nitrogens with zero attached hydrogens (tertiary/aromatic N) is 1. The Kier molecular flexibility index (Phi) is 6.37. The molecule has 0 radical (unpaired) electrons. The number of hydrogen-bond donors (Lipinski definition) is 2. The quantitative estimate of drug-likeness (QED) is 0.788. The van der Waals surface area contributed by atoms with Gasteiger partial charge in [-0.3, -0.25) is 4.79 Å². The molecule has 134 valence electrons. The van der Waals surface area contributed by atoms with Crippen LogP contribution >= 0.6 is 0 Å². The Hall–Kier alpha value is -1.44. The number of nitrogens with one attached hydrogen (secondary N) is 2. The second-order valence-corrected chi connectivity index (χ2v) is 8.26. The molecule has 24 heavy (non-hydrogen) atoms. The zero-order valence-corrected chi connectivity index (χ0v) is 15.4. The third-order valence-electron chi connectivity index (χ3n) is 4.36. The molecule has 2 unspecified atom stereocenters. The van der Waals surface area contributed by atoms with Crippen LogP contribution in [0.5, 0.6) is 0 Å². The highest BCUT2D eigenvalue weighted by Gasteiger charge is 2.27. The standard InChI is InChI=1S/C17H27N3O3S/c1-4-13(2)18-14(3)17(21)19-15-7-9-16(10-8-15)24(22,23)20-11-5-6-12-20/h7-10,13-14,18H,4-6,11-12H2,1-3H3,(H,19,21). The third-order valence-corrected chi connectivity index (χ3v) is 6.28. The summed E-state index contributed by atoms with van der Waals surface area (Å²) in [5, 5.41) is 6.02. The van der Waals surface area contributed by atoms with E-state index >= 15 is 0 Å². The molecule has 2 rings (SSSR count). The van der Waals surface area contributed by atoms with Gasteiger partial charge in [-0.05, 0) is 57.4 Å². The Morgan fingerprint density at radius 1 is 1.17 bits per heavy atom. The molecule has 1 heterocycles. The Morgan fingerprint density at radius 2 is 1.75 bits per heavy atom. The van der Waals surface area contributed by atoms with E-state index in [-0.39, 0.29) is 22.9 Å². The lowest BCUT2D eigenvalue weighted by Gasteiger charge is -2.19. The first kappa shape index (κ1) is 18.9. The Morgan fingerprint density at radius 3 is 2.29 bits per heavy atom. The maximum Gasteiger partial charge on any atom is 0.243 e. The van der Waals surface area contributed by atoms with E-state index in [0.29, 0.717) is 18.8 Å². The molecule has 0 aromatic heterocycles. The topological polar surface area (TPSA) is 78.5 Å².